The second kappa shape index (κ2) is 4.24. The van der Waals surface area contributed by atoms with Crippen LogP contribution in [0.25, 0.3) is 22.4 Å². The second-order valence-electron chi connectivity index (χ2n) is 5.04. The number of methoxy groups -OCH3 is 1. The first-order valence-electron chi connectivity index (χ1n) is 6.75. The molecule has 0 unspecified atom stereocenters. The summed E-state index contributed by atoms with van der Waals surface area (Å²) in [6.45, 7) is 0. The van der Waals surface area contributed by atoms with E-state index in [0.29, 0.717) is 0 Å². The molecule has 0 heterocycles. The molecule has 1 aliphatic carbocycles. The number of hydrogen-bond donors (Lipinski definition) is 0. The molecule has 3 aromatic carbocycles. The quantitative estimate of drug-likeness (QED) is 0.504. The van der Waals surface area contributed by atoms with Crippen LogP contribution in [-0.4, -0.2) is 7.11 Å². The predicted molar refractivity (Wildman–Crippen MR) is 83.9 cm³/mol. The van der Waals surface area contributed by atoms with Crippen molar-refractivity contribution in [3.63, 3.8) is 0 Å². The highest BCUT2D eigenvalue weighted by atomic mass is 16.5. The van der Waals surface area contributed by atoms with E-state index in [1.807, 2.05) is 12.1 Å². The number of benzene rings is 3. The van der Waals surface area contributed by atoms with Gasteiger partial charge in [0.1, 0.15) is 5.75 Å². The highest BCUT2D eigenvalue weighted by Gasteiger charge is 2.17. The minimum Gasteiger partial charge on any atom is -0.497 e. The van der Waals surface area contributed by atoms with Crippen LogP contribution < -0.4 is 4.74 Å². The SMILES string of the molecule is COc1ccc(C2=Cc3cccc4cccc2c34)cc1. The summed E-state index contributed by atoms with van der Waals surface area (Å²) in [7, 11) is 1.69. The summed E-state index contributed by atoms with van der Waals surface area (Å²) in [6.07, 6.45) is 2.28. The first-order chi connectivity index (χ1) is 9.86. The van der Waals surface area contributed by atoms with Crippen molar-refractivity contribution in [3.05, 3.63) is 77.4 Å². The highest BCUT2D eigenvalue weighted by molar-refractivity contribution is 6.12. The molecule has 0 spiro atoms. The predicted octanol–water partition coefficient (Wildman–Crippen LogP) is 4.75. The maximum Gasteiger partial charge on any atom is 0.118 e. The minimum absolute atomic E-state index is 0.892. The molecular weight excluding hydrogens is 244 g/mol. The molecule has 4 rings (SSSR count). The van der Waals surface area contributed by atoms with E-state index in [0.717, 1.165) is 5.75 Å². The molecule has 0 bridgehead atoms. The van der Waals surface area contributed by atoms with Crippen molar-refractivity contribution in [3.8, 4) is 5.75 Å². The van der Waals surface area contributed by atoms with E-state index in [-0.39, 0.29) is 0 Å². The fraction of sp³-hybridized carbons (Fsp3) is 0.0526. The van der Waals surface area contributed by atoms with Crippen LogP contribution in [0.1, 0.15) is 16.7 Å². The van der Waals surface area contributed by atoms with Gasteiger partial charge in [-0.2, -0.15) is 0 Å². The average molecular weight is 258 g/mol. The van der Waals surface area contributed by atoms with Crippen molar-refractivity contribution < 1.29 is 4.74 Å². The Bertz CT molecular complexity index is 821. The van der Waals surface area contributed by atoms with E-state index in [2.05, 4.69) is 54.6 Å². The van der Waals surface area contributed by atoms with Gasteiger partial charge in [-0.15, -0.1) is 0 Å². The molecule has 20 heavy (non-hydrogen) atoms. The minimum atomic E-state index is 0.892. The Morgan fingerprint density at radius 2 is 1.55 bits per heavy atom. The van der Waals surface area contributed by atoms with Gasteiger partial charge < -0.3 is 4.74 Å². The van der Waals surface area contributed by atoms with Crippen LogP contribution in [-0.2, 0) is 0 Å². The van der Waals surface area contributed by atoms with Crippen LogP contribution in [0.4, 0.5) is 0 Å². The van der Waals surface area contributed by atoms with Crippen molar-refractivity contribution >= 4 is 22.4 Å². The lowest BCUT2D eigenvalue weighted by atomic mass is 9.98. The lowest BCUT2D eigenvalue weighted by Crippen LogP contribution is -1.87. The molecular formula is C19H14O. The summed E-state index contributed by atoms with van der Waals surface area (Å²) in [5, 5.41) is 2.67. The molecule has 1 nitrogen and oxygen atoms in total. The summed E-state index contributed by atoms with van der Waals surface area (Å²) >= 11 is 0. The highest BCUT2D eigenvalue weighted by Crippen LogP contribution is 2.39. The normalized spacial score (nSPS) is 12.6. The van der Waals surface area contributed by atoms with Gasteiger partial charge in [0.2, 0.25) is 0 Å². The van der Waals surface area contributed by atoms with E-state index < -0.39 is 0 Å². The van der Waals surface area contributed by atoms with Gasteiger partial charge in [-0.05, 0) is 51.2 Å². The van der Waals surface area contributed by atoms with Crippen LogP contribution in [0, 0.1) is 0 Å². The lowest BCUT2D eigenvalue weighted by molar-refractivity contribution is 0.415. The third-order valence-electron chi connectivity index (χ3n) is 3.93. The molecule has 0 aliphatic heterocycles. The van der Waals surface area contributed by atoms with Gasteiger partial charge in [0.15, 0.2) is 0 Å². The van der Waals surface area contributed by atoms with Crippen molar-refractivity contribution in [1.82, 2.24) is 0 Å². The molecule has 0 N–H and O–H groups in total. The largest absolute Gasteiger partial charge is 0.497 e. The number of rotatable bonds is 2. The summed E-state index contributed by atoms with van der Waals surface area (Å²) in [6, 6.07) is 21.2. The summed E-state index contributed by atoms with van der Waals surface area (Å²) in [5.41, 5.74) is 5.15. The summed E-state index contributed by atoms with van der Waals surface area (Å²) in [5.74, 6) is 0.892. The lowest BCUT2D eigenvalue weighted by Gasteiger charge is -2.07. The van der Waals surface area contributed by atoms with Crippen LogP contribution in [0.3, 0.4) is 0 Å². The standard InChI is InChI=1S/C19H14O/c1-20-16-10-8-13(9-11-16)18-12-15-6-2-4-14-5-3-7-17(18)19(14)15/h2-12H,1H3. The Hall–Kier alpha value is -2.54. The van der Waals surface area contributed by atoms with Gasteiger partial charge in [0.25, 0.3) is 0 Å². The topological polar surface area (TPSA) is 9.23 Å². The molecule has 0 fully saturated rings. The molecule has 96 valence electrons. The van der Waals surface area contributed by atoms with E-state index in [9.17, 15) is 0 Å². The monoisotopic (exact) mass is 258 g/mol. The van der Waals surface area contributed by atoms with Gasteiger partial charge in [0.05, 0.1) is 7.11 Å². The maximum absolute atomic E-state index is 5.23. The Labute approximate surface area is 118 Å². The van der Waals surface area contributed by atoms with E-state index in [1.165, 1.54) is 33.0 Å². The third kappa shape index (κ3) is 1.56. The van der Waals surface area contributed by atoms with Crippen LogP contribution in [0.2, 0.25) is 0 Å². The van der Waals surface area contributed by atoms with Crippen molar-refractivity contribution in [2.24, 2.45) is 0 Å². The molecule has 0 saturated carbocycles. The number of ether oxygens (including phenoxy) is 1. The molecule has 1 heteroatoms. The van der Waals surface area contributed by atoms with Gasteiger partial charge in [0, 0.05) is 0 Å². The summed E-state index contributed by atoms with van der Waals surface area (Å²) in [4.78, 5) is 0. The van der Waals surface area contributed by atoms with E-state index in [1.54, 1.807) is 7.11 Å². The van der Waals surface area contributed by atoms with E-state index >= 15 is 0 Å². The Morgan fingerprint density at radius 3 is 2.30 bits per heavy atom. The fourth-order valence-electron chi connectivity index (χ4n) is 2.96. The molecule has 0 radical (unpaired) electrons. The average Bonchev–Trinajstić information content (AvgIpc) is 2.89. The molecule has 3 aromatic rings. The van der Waals surface area contributed by atoms with Gasteiger partial charge >= 0.3 is 0 Å². The van der Waals surface area contributed by atoms with Gasteiger partial charge in [-0.1, -0.05) is 48.5 Å². The smallest absolute Gasteiger partial charge is 0.118 e. The van der Waals surface area contributed by atoms with Crippen molar-refractivity contribution in [1.29, 1.82) is 0 Å². The van der Waals surface area contributed by atoms with Crippen molar-refractivity contribution in [2.75, 3.05) is 7.11 Å². The van der Waals surface area contributed by atoms with Gasteiger partial charge in [-0.3, -0.25) is 0 Å². The zero-order valence-electron chi connectivity index (χ0n) is 11.3. The third-order valence-corrected chi connectivity index (χ3v) is 3.93. The zero-order chi connectivity index (χ0) is 13.5. The Kier molecular flexibility index (Phi) is 2.40. The first kappa shape index (κ1) is 11.3. The van der Waals surface area contributed by atoms with E-state index in [4.69, 9.17) is 4.74 Å². The maximum atomic E-state index is 5.23. The molecule has 0 amide bonds. The zero-order valence-corrected chi connectivity index (χ0v) is 11.3. The van der Waals surface area contributed by atoms with Gasteiger partial charge in [-0.25, -0.2) is 0 Å². The molecule has 1 aliphatic rings. The molecule has 0 saturated heterocycles. The van der Waals surface area contributed by atoms with Crippen LogP contribution >= 0.6 is 0 Å². The Morgan fingerprint density at radius 1 is 0.800 bits per heavy atom. The molecule has 0 aromatic heterocycles. The second-order valence-corrected chi connectivity index (χ2v) is 5.04. The summed E-state index contributed by atoms with van der Waals surface area (Å²) < 4.78 is 5.23. The number of hydrogen-bond acceptors (Lipinski definition) is 1. The first-order valence-corrected chi connectivity index (χ1v) is 6.75. The van der Waals surface area contributed by atoms with Crippen LogP contribution in [0.15, 0.2) is 60.7 Å². The fourth-order valence-corrected chi connectivity index (χ4v) is 2.96. The Balaban J connectivity index is 1.91. The van der Waals surface area contributed by atoms with Crippen LogP contribution in [0.5, 0.6) is 5.75 Å². The molecule has 0 atom stereocenters. The van der Waals surface area contributed by atoms with Crippen molar-refractivity contribution in [2.45, 2.75) is 0 Å².